The summed E-state index contributed by atoms with van der Waals surface area (Å²) in [7, 11) is 1.35. The van der Waals surface area contributed by atoms with Gasteiger partial charge in [0.2, 0.25) is 0 Å². The van der Waals surface area contributed by atoms with Gasteiger partial charge in [-0.05, 0) is 25.9 Å². The number of hydrogen-bond acceptors (Lipinski definition) is 1. The molecule has 0 radical (unpaired) electrons. The zero-order chi connectivity index (χ0) is 10.1. The standard InChI is InChI=1S/C13H9PS/c1-2-6-10(7-3-1)13-14-11-8-4-5-9-12(11)15-13/h1-9H. The molecular weight excluding hydrogens is 219 g/mol. The molecule has 0 amide bonds. The summed E-state index contributed by atoms with van der Waals surface area (Å²) in [6.45, 7) is 0. The molecule has 3 rings (SSSR count). The summed E-state index contributed by atoms with van der Waals surface area (Å²) in [6, 6.07) is 19.2. The lowest BCUT2D eigenvalue weighted by molar-refractivity contribution is 1.72. The van der Waals surface area contributed by atoms with Crippen molar-refractivity contribution in [3.05, 3.63) is 54.6 Å². The van der Waals surface area contributed by atoms with Crippen LogP contribution in [0.1, 0.15) is 0 Å². The normalized spacial score (nSPS) is 11.2. The molecular formula is C13H9PS. The van der Waals surface area contributed by atoms with Gasteiger partial charge in [-0.3, -0.25) is 0 Å². The molecule has 2 heteroatoms. The molecule has 0 aliphatic heterocycles. The van der Waals surface area contributed by atoms with E-state index in [1.807, 2.05) is 11.3 Å². The van der Waals surface area contributed by atoms with E-state index in [4.69, 9.17) is 0 Å². The van der Waals surface area contributed by atoms with E-state index in [2.05, 4.69) is 54.6 Å². The van der Waals surface area contributed by atoms with Crippen LogP contribution >= 0.6 is 19.5 Å². The smallest absolute Gasteiger partial charge is 0.0625 e. The lowest BCUT2D eigenvalue weighted by atomic mass is 10.2. The zero-order valence-electron chi connectivity index (χ0n) is 8.05. The van der Waals surface area contributed by atoms with E-state index in [0.29, 0.717) is 0 Å². The lowest BCUT2D eigenvalue weighted by Gasteiger charge is -1.92. The molecule has 0 unspecified atom stereocenters. The zero-order valence-corrected chi connectivity index (χ0v) is 9.76. The van der Waals surface area contributed by atoms with Crippen molar-refractivity contribution in [3.63, 3.8) is 0 Å². The van der Waals surface area contributed by atoms with Gasteiger partial charge in [-0.2, -0.15) is 0 Å². The summed E-state index contributed by atoms with van der Waals surface area (Å²) in [5.74, 6) is 0. The van der Waals surface area contributed by atoms with Gasteiger partial charge in [-0.15, -0.1) is 11.3 Å². The Morgan fingerprint density at radius 1 is 0.800 bits per heavy atom. The monoisotopic (exact) mass is 228 g/mol. The summed E-state index contributed by atoms with van der Waals surface area (Å²) in [5, 5.41) is 1.43. The molecule has 0 bridgehead atoms. The maximum Gasteiger partial charge on any atom is 0.0625 e. The van der Waals surface area contributed by atoms with Gasteiger partial charge in [0.25, 0.3) is 0 Å². The molecule has 0 atom stereocenters. The lowest BCUT2D eigenvalue weighted by Crippen LogP contribution is -1.64. The van der Waals surface area contributed by atoms with Gasteiger partial charge in [-0.1, -0.05) is 42.5 Å². The van der Waals surface area contributed by atoms with Crippen molar-refractivity contribution in [3.8, 4) is 10.2 Å². The van der Waals surface area contributed by atoms with Crippen LogP contribution in [0.15, 0.2) is 54.6 Å². The second-order valence-corrected chi connectivity index (χ2v) is 5.86. The second-order valence-electron chi connectivity index (χ2n) is 3.35. The highest BCUT2D eigenvalue weighted by molar-refractivity contribution is 7.54. The van der Waals surface area contributed by atoms with Crippen molar-refractivity contribution in [2.45, 2.75) is 0 Å². The van der Waals surface area contributed by atoms with Gasteiger partial charge in [0.1, 0.15) is 0 Å². The summed E-state index contributed by atoms with van der Waals surface area (Å²) in [4.78, 5) is 0. The Labute approximate surface area is 94.3 Å². The largest absolute Gasteiger partial charge is 0.130 e. The highest BCUT2D eigenvalue weighted by atomic mass is 32.1. The molecule has 0 N–H and O–H groups in total. The molecule has 0 fully saturated rings. The van der Waals surface area contributed by atoms with Crippen LogP contribution in [-0.2, 0) is 0 Å². The molecule has 1 aromatic heterocycles. The molecule has 0 spiro atoms. The minimum atomic E-state index is 1.35. The van der Waals surface area contributed by atoms with Gasteiger partial charge < -0.3 is 0 Å². The van der Waals surface area contributed by atoms with Crippen LogP contribution in [0.2, 0.25) is 0 Å². The highest BCUT2D eigenvalue weighted by Gasteiger charge is 2.03. The first-order valence-corrected chi connectivity index (χ1v) is 6.55. The van der Waals surface area contributed by atoms with E-state index in [1.165, 1.54) is 28.2 Å². The van der Waals surface area contributed by atoms with Gasteiger partial charge in [0.15, 0.2) is 0 Å². The van der Waals surface area contributed by atoms with Gasteiger partial charge in [0.05, 0.1) is 4.61 Å². The van der Waals surface area contributed by atoms with Crippen LogP contribution in [0, 0.1) is 0 Å². The molecule has 0 saturated heterocycles. The Balaban J connectivity index is 2.21. The molecule has 0 saturated carbocycles. The second kappa shape index (κ2) is 3.77. The third-order valence-electron chi connectivity index (χ3n) is 2.31. The number of benzene rings is 2. The fourth-order valence-electron chi connectivity index (χ4n) is 1.58. The molecule has 2 aromatic carbocycles. The van der Waals surface area contributed by atoms with E-state index in [1.54, 1.807) is 0 Å². The first-order chi connectivity index (χ1) is 7.43. The first-order valence-electron chi connectivity index (χ1n) is 4.84. The maximum atomic E-state index is 2.21. The maximum absolute atomic E-state index is 2.21. The Hall–Kier alpha value is -1.17. The molecule has 72 valence electrons. The van der Waals surface area contributed by atoms with Crippen LogP contribution < -0.4 is 0 Å². The van der Waals surface area contributed by atoms with Crippen molar-refractivity contribution in [1.29, 1.82) is 0 Å². The number of rotatable bonds is 1. The minimum absolute atomic E-state index is 1.35. The number of fused-ring (bicyclic) bond motifs is 1. The summed E-state index contributed by atoms with van der Waals surface area (Å²) < 4.78 is 2.84. The molecule has 3 aromatic rings. The van der Waals surface area contributed by atoms with Gasteiger partial charge in [0, 0.05) is 9.82 Å². The van der Waals surface area contributed by atoms with Crippen LogP contribution in [0.3, 0.4) is 0 Å². The topological polar surface area (TPSA) is 0 Å². The average Bonchev–Trinajstić information content (AvgIpc) is 2.74. The van der Waals surface area contributed by atoms with Gasteiger partial charge >= 0.3 is 0 Å². The molecule has 0 nitrogen and oxygen atoms in total. The van der Waals surface area contributed by atoms with Crippen molar-refractivity contribution < 1.29 is 0 Å². The fraction of sp³-hybridized carbons (Fsp3) is 0. The Kier molecular flexibility index (Phi) is 2.28. The third-order valence-corrected chi connectivity index (χ3v) is 5.11. The Morgan fingerprint density at radius 3 is 2.33 bits per heavy atom. The average molecular weight is 228 g/mol. The van der Waals surface area contributed by atoms with Crippen LogP contribution in [0.25, 0.3) is 20.0 Å². The van der Waals surface area contributed by atoms with E-state index >= 15 is 0 Å². The summed E-state index contributed by atoms with van der Waals surface area (Å²) >= 11 is 1.89. The van der Waals surface area contributed by atoms with E-state index in [0.717, 1.165) is 0 Å². The predicted molar refractivity (Wildman–Crippen MR) is 69.8 cm³/mol. The quantitative estimate of drug-likeness (QED) is 0.540. The molecule has 0 aliphatic rings. The Morgan fingerprint density at radius 2 is 1.53 bits per heavy atom. The summed E-state index contributed by atoms with van der Waals surface area (Å²) in [5.41, 5.74) is 1.35. The SMILES string of the molecule is c1ccc(-c2pc3ccccc3s2)cc1. The fourth-order valence-corrected chi connectivity index (χ4v) is 4.25. The van der Waals surface area contributed by atoms with Crippen LogP contribution in [-0.4, -0.2) is 0 Å². The predicted octanol–water partition coefficient (Wildman–Crippen LogP) is 5.15. The molecule has 0 aliphatic carbocycles. The van der Waals surface area contributed by atoms with Gasteiger partial charge in [-0.25, -0.2) is 0 Å². The van der Waals surface area contributed by atoms with E-state index < -0.39 is 0 Å². The summed E-state index contributed by atoms with van der Waals surface area (Å²) in [6.07, 6.45) is 0. The van der Waals surface area contributed by atoms with Crippen LogP contribution in [0.5, 0.6) is 0 Å². The van der Waals surface area contributed by atoms with Crippen molar-refractivity contribution in [2.24, 2.45) is 0 Å². The van der Waals surface area contributed by atoms with Crippen molar-refractivity contribution in [1.82, 2.24) is 0 Å². The molecule has 1 heterocycles. The third kappa shape index (κ3) is 1.69. The highest BCUT2D eigenvalue weighted by Crippen LogP contribution is 2.42. The molecule has 15 heavy (non-hydrogen) atoms. The minimum Gasteiger partial charge on any atom is -0.130 e. The van der Waals surface area contributed by atoms with Crippen molar-refractivity contribution >= 4 is 29.3 Å². The van der Waals surface area contributed by atoms with E-state index in [9.17, 15) is 0 Å². The van der Waals surface area contributed by atoms with Crippen molar-refractivity contribution in [2.75, 3.05) is 0 Å². The number of hydrogen-bond donors (Lipinski definition) is 0. The van der Waals surface area contributed by atoms with Crippen LogP contribution in [0.4, 0.5) is 0 Å². The van der Waals surface area contributed by atoms with E-state index in [-0.39, 0.29) is 0 Å². The first kappa shape index (κ1) is 9.08. The Bertz CT molecular complexity index is 551.